The van der Waals surface area contributed by atoms with E-state index in [1.807, 2.05) is 14.1 Å². The van der Waals surface area contributed by atoms with Crippen LogP contribution in [-0.2, 0) is 0 Å². The largest absolute Gasteiger partial charge is 0.301 e. The van der Waals surface area contributed by atoms with E-state index in [0.717, 1.165) is 0 Å². The summed E-state index contributed by atoms with van der Waals surface area (Å²) in [4.78, 5) is 6.26. The van der Waals surface area contributed by atoms with Crippen molar-refractivity contribution >= 4 is 17.7 Å². The zero-order valence-corrected chi connectivity index (χ0v) is 9.66. The third kappa shape index (κ3) is 3.70. The summed E-state index contributed by atoms with van der Waals surface area (Å²) in [6, 6.07) is 2.37. The van der Waals surface area contributed by atoms with E-state index in [9.17, 15) is 0 Å². The molecule has 1 atom stereocenters. The van der Waals surface area contributed by atoms with E-state index >= 15 is 0 Å². The summed E-state index contributed by atoms with van der Waals surface area (Å²) in [5, 5.41) is 14.8. The second kappa shape index (κ2) is 6.17. The molecule has 1 unspecified atom stereocenters. The Hall–Kier alpha value is -1.38. The fraction of sp³-hybridized carbons (Fsp3) is 0.400. The smallest absolute Gasteiger partial charge is 0.182 e. The first-order chi connectivity index (χ1) is 7.25. The van der Waals surface area contributed by atoms with Crippen LogP contribution in [0.15, 0.2) is 21.8 Å². The van der Waals surface area contributed by atoms with Gasteiger partial charge >= 0.3 is 0 Å². The van der Waals surface area contributed by atoms with Gasteiger partial charge in [0.25, 0.3) is 0 Å². The molecule has 1 heterocycles. The summed E-state index contributed by atoms with van der Waals surface area (Å²) in [5.41, 5.74) is 1.26. The topological polar surface area (TPSA) is 51.4 Å². The summed E-state index contributed by atoms with van der Waals surface area (Å²) < 4.78 is 0. The van der Waals surface area contributed by atoms with Gasteiger partial charge in [-0.25, -0.2) is 0 Å². The Labute approximate surface area is 93.9 Å². The third-order valence-corrected chi connectivity index (χ3v) is 2.75. The molecule has 0 bridgehead atoms. The Morgan fingerprint density at radius 2 is 2.53 bits per heavy atom. The quantitative estimate of drug-likeness (QED) is 0.355. The van der Waals surface area contributed by atoms with Crippen molar-refractivity contribution in [1.82, 2.24) is 10.2 Å². The molecule has 0 spiro atoms. The van der Waals surface area contributed by atoms with Gasteiger partial charge in [-0.3, -0.25) is 10.3 Å². The summed E-state index contributed by atoms with van der Waals surface area (Å²) in [7, 11) is 4.05. The molecule has 1 N–H and O–H groups in total. The van der Waals surface area contributed by atoms with Crippen LogP contribution in [-0.4, -0.2) is 31.9 Å². The molecular weight excluding hydrogens is 208 g/mol. The van der Waals surface area contributed by atoms with Crippen LogP contribution in [0.25, 0.3) is 0 Å². The van der Waals surface area contributed by atoms with Crippen LogP contribution in [0.2, 0.25) is 0 Å². The summed E-state index contributed by atoms with van der Waals surface area (Å²) >= 11 is 1.68. The number of nitrogens with zero attached hydrogens (tertiary/aromatic N) is 3. The van der Waals surface area contributed by atoms with Crippen LogP contribution in [0.3, 0.4) is 0 Å². The number of hydrogen-bond acceptors (Lipinski definition) is 4. The Morgan fingerprint density at radius 3 is 3.07 bits per heavy atom. The Morgan fingerprint density at radius 1 is 1.73 bits per heavy atom. The Bertz CT molecular complexity index is 337. The molecule has 0 fully saturated rings. The first kappa shape index (κ1) is 11.7. The van der Waals surface area contributed by atoms with Gasteiger partial charge in [0, 0.05) is 0 Å². The van der Waals surface area contributed by atoms with Crippen molar-refractivity contribution in [3.05, 3.63) is 22.4 Å². The summed E-state index contributed by atoms with van der Waals surface area (Å²) in [6.45, 7) is 0.651. The number of aliphatic imine (C=N–C) groups is 1. The first-order valence-corrected chi connectivity index (χ1v) is 5.51. The van der Waals surface area contributed by atoms with Gasteiger partial charge in [0.15, 0.2) is 6.19 Å². The molecule has 0 aromatic carbocycles. The highest BCUT2D eigenvalue weighted by atomic mass is 32.1. The van der Waals surface area contributed by atoms with Crippen molar-refractivity contribution in [3.8, 4) is 6.19 Å². The Balaban J connectivity index is 2.57. The van der Waals surface area contributed by atoms with Crippen molar-refractivity contribution in [2.45, 2.75) is 6.04 Å². The molecule has 1 aromatic rings. The van der Waals surface area contributed by atoms with Crippen molar-refractivity contribution in [3.63, 3.8) is 0 Å². The fourth-order valence-corrected chi connectivity index (χ4v) is 1.97. The molecular formula is C10H14N4S. The predicted octanol–water partition coefficient (Wildman–Crippen LogP) is 1.45. The van der Waals surface area contributed by atoms with Crippen molar-refractivity contribution < 1.29 is 0 Å². The molecule has 0 aliphatic heterocycles. The van der Waals surface area contributed by atoms with Gasteiger partial charge in [-0.1, -0.05) is 0 Å². The first-order valence-electron chi connectivity index (χ1n) is 4.57. The maximum atomic E-state index is 8.26. The molecule has 4 nitrogen and oxygen atoms in total. The molecule has 1 rings (SSSR count). The molecule has 5 heteroatoms. The van der Waals surface area contributed by atoms with Gasteiger partial charge < -0.3 is 4.90 Å². The molecule has 15 heavy (non-hydrogen) atoms. The van der Waals surface area contributed by atoms with Gasteiger partial charge in [-0.15, -0.1) is 0 Å². The lowest BCUT2D eigenvalue weighted by Crippen LogP contribution is -2.22. The zero-order valence-electron chi connectivity index (χ0n) is 8.84. The Kier molecular flexibility index (Phi) is 4.81. The molecule has 0 aliphatic rings. The number of nitriles is 1. The van der Waals surface area contributed by atoms with E-state index in [-0.39, 0.29) is 6.04 Å². The van der Waals surface area contributed by atoms with Gasteiger partial charge in [0.1, 0.15) is 0 Å². The van der Waals surface area contributed by atoms with Crippen LogP contribution in [0, 0.1) is 11.5 Å². The zero-order chi connectivity index (χ0) is 11.1. The minimum Gasteiger partial charge on any atom is -0.301 e. The number of rotatable bonds is 5. The van der Waals surface area contributed by atoms with E-state index in [1.54, 1.807) is 17.5 Å². The minimum absolute atomic E-state index is 0.271. The van der Waals surface area contributed by atoms with Crippen molar-refractivity contribution in [2.75, 3.05) is 20.6 Å². The van der Waals surface area contributed by atoms with Crippen LogP contribution in [0.5, 0.6) is 0 Å². The average molecular weight is 222 g/mol. The van der Waals surface area contributed by atoms with Crippen LogP contribution < -0.4 is 5.32 Å². The highest BCUT2D eigenvalue weighted by molar-refractivity contribution is 7.07. The van der Waals surface area contributed by atoms with E-state index < -0.39 is 0 Å². The van der Waals surface area contributed by atoms with Crippen molar-refractivity contribution in [1.29, 1.82) is 5.26 Å². The second-order valence-corrected chi connectivity index (χ2v) is 4.07. The van der Waals surface area contributed by atoms with Crippen molar-refractivity contribution in [2.24, 2.45) is 4.99 Å². The lowest BCUT2D eigenvalue weighted by molar-refractivity contribution is 0.307. The van der Waals surface area contributed by atoms with Crippen LogP contribution >= 0.6 is 11.3 Å². The highest BCUT2D eigenvalue weighted by Gasteiger charge is 2.12. The summed E-state index contributed by atoms with van der Waals surface area (Å²) in [6.07, 6.45) is 3.23. The third-order valence-electron chi connectivity index (χ3n) is 2.05. The number of hydrogen-bond donors (Lipinski definition) is 1. The lowest BCUT2D eigenvalue weighted by atomic mass is 10.1. The maximum Gasteiger partial charge on any atom is 0.182 e. The molecule has 0 saturated carbocycles. The second-order valence-electron chi connectivity index (χ2n) is 3.29. The van der Waals surface area contributed by atoms with Crippen LogP contribution in [0.1, 0.15) is 11.6 Å². The molecule has 1 aromatic heterocycles. The molecule has 80 valence electrons. The number of thiophene rings is 1. The fourth-order valence-electron chi connectivity index (χ4n) is 1.26. The number of nitrogens with one attached hydrogen (secondary N) is 1. The molecule has 0 amide bonds. The van der Waals surface area contributed by atoms with Gasteiger partial charge in [0.2, 0.25) is 0 Å². The van der Waals surface area contributed by atoms with E-state index in [2.05, 4.69) is 32.0 Å². The summed E-state index contributed by atoms with van der Waals surface area (Å²) in [5.74, 6) is 0. The highest BCUT2D eigenvalue weighted by Crippen LogP contribution is 2.20. The van der Waals surface area contributed by atoms with Gasteiger partial charge in [-0.05, 0) is 36.5 Å². The van der Waals surface area contributed by atoms with Gasteiger partial charge in [0.05, 0.1) is 18.9 Å². The number of likely N-dealkylation sites (N-methyl/N-ethyl adjacent to an activating group) is 1. The SMILES string of the molecule is CN(C)C(CN=CNC#N)c1ccsc1. The van der Waals surface area contributed by atoms with E-state index in [4.69, 9.17) is 5.26 Å². The van der Waals surface area contributed by atoms with E-state index in [1.165, 1.54) is 11.9 Å². The average Bonchev–Trinajstić information content (AvgIpc) is 2.70. The molecule has 0 saturated heterocycles. The van der Waals surface area contributed by atoms with Crippen LogP contribution in [0.4, 0.5) is 0 Å². The molecule has 0 aliphatic carbocycles. The van der Waals surface area contributed by atoms with E-state index in [0.29, 0.717) is 6.54 Å². The predicted molar refractivity (Wildman–Crippen MR) is 62.9 cm³/mol. The molecule has 0 radical (unpaired) electrons. The monoisotopic (exact) mass is 222 g/mol. The standard InChI is InChI=1S/C10H14N4S/c1-14(2)10(5-12-8-13-7-11)9-3-4-15-6-9/h3-4,6,8,10H,5H2,1-2H3,(H,12,13). The minimum atomic E-state index is 0.271. The lowest BCUT2D eigenvalue weighted by Gasteiger charge is -2.21. The van der Waals surface area contributed by atoms with Gasteiger partial charge in [-0.2, -0.15) is 16.6 Å². The normalized spacial score (nSPS) is 12.9. The maximum absolute atomic E-state index is 8.26.